The van der Waals surface area contributed by atoms with E-state index in [1.165, 1.54) is 12.3 Å². The number of aromatic nitrogens is 1. The van der Waals surface area contributed by atoms with Crippen LogP contribution in [0.5, 0.6) is 5.75 Å². The van der Waals surface area contributed by atoms with Gasteiger partial charge in [0.25, 0.3) is 0 Å². The van der Waals surface area contributed by atoms with Crippen LogP contribution in [0.25, 0.3) is 0 Å². The van der Waals surface area contributed by atoms with E-state index in [2.05, 4.69) is 10.9 Å². The summed E-state index contributed by atoms with van der Waals surface area (Å²) in [6.07, 6.45) is 6.22. The van der Waals surface area contributed by atoms with E-state index in [-0.39, 0.29) is 5.56 Å². The summed E-state index contributed by atoms with van der Waals surface area (Å²) in [5.41, 5.74) is -0.298. The lowest BCUT2D eigenvalue weighted by molar-refractivity contribution is 0.0687. The van der Waals surface area contributed by atoms with Gasteiger partial charge in [0.05, 0.1) is 5.56 Å². The van der Waals surface area contributed by atoms with E-state index in [9.17, 15) is 9.90 Å². The number of carboxylic acids is 1. The van der Waals surface area contributed by atoms with Gasteiger partial charge in [-0.3, -0.25) is 0 Å². The Morgan fingerprint density at radius 3 is 2.83 bits per heavy atom. The molecule has 0 unspecified atom stereocenters. The summed E-state index contributed by atoms with van der Waals surface area (Å²) in [4.78, 5) is 13.8. The molecular formula is C8H5NO3. The Labute approximate surface area is 68.5 Å². The third-order valence-electron chi connectivity index (χ3n) is 1.28. The molecule has 0 aromatic carbocycles. The Morgan fingerprint density at radius 1 is 1.67 bits per heavy atom. The third kappa shape index (κ3) is 1.20. The predicted molar refractivity (Wildman–Crippen MR) is 40.8 cm³/mol. The number of pyridine rings is 1. The second-order valence-corrected chi connectivity index (χ2v) is 2.01. The number of hydrogen-bond donors (Lipinski definition) is 2. The molecule has 0 atom stereocenters. The molecule has 4 heteroatoms. The Kier molecular flexibility index (Phi) is 1.97. The molecule has 0 spiro atoms. The summed E-state index contributed by atoms with van der Waals surface area (Å²) >= 11 is 0. The first-order chi connectivity index (χ1) is 5.66. The van der Waals surface area contributed by atoms with E-state index in [0.29, 0.717) is 0 Å². The van der Waals surface area contributed by atoms with Crippen LogP contribution in [0.2, 0.25) is 0 Å². The maximum absolute atomic E-state index is 10.4. The van der Waals surface area contributed by atoms with Crippen LogP contribution in [-0.4, -0.2) is 21.2 Å². The molecule has 0 fully saturated rings. The van der Waals surface area contributed by atoms with Crippen LogP contribution in [0.4, 0.5) is 0 Å². The fourth-order valence-corrected chi connectivity index (χ4v) is 0.727. The number of rotatable bonds is 1. The van der Waals surface area contributed by atoms with Crippen molar-refractivity contribution in [3.63, 3.8) is 0 Å². The number of carbonyl (C=O) groups is 1. The summed E-state index contributed by atoms with van der Waals surface area (Å²) in [5, 5.41) is 17.7. The maximum atomic E-state index is 10.4. The average Bonchev–Trinajstić information content (AvgIpc) is 2.04. The molecule has 0 bridgehead atoms. The zero-order valence-corrected chi connectivity index (χ0v) is 5.98. The normalized spacial score (nSPS) is 8.92. The van der Waals surface area contributed by atoms with E-state index in [1.54, 1.807) is 0 Å². The number of nitrogens with zero attached hydrogens (tertiary/aromatic N) is 1. The molecule has 0 amide bonds. The Hall–Kier alpha value is -2.02. The molecule has 0 saturated heterocycles. The molecule has 12 heavy (non-hydrogen) atoms. The lowest BCUT2D eigenvalue weighted by atomic mass is 10.2. The molecule has 0 aliphatic rings. The van der Waals surface area contributed by atoms with Crippen molar-refractivity contribution in [2.75, 3.05) is 0 Å². The van der Waals surface area contributed by atoms with Crippen molar-refractivity contribution in [2.45, 2.75) is 0 Å². The van der Waals surface area contributed by atoms with Gasteiger partial charge in [-0.1, -0.05) is 5.92 Å². The molecule has 0 radical (unpaired) electrons. The minimum absolute atomic E-state index is 0.127. The van der Waals surface area contributed by atoms with Crippen LogP contribution in [0.1, 0.15) is 16.1 Å². The molecule has 1 rings (SSSR count). The quantitative estimate of drug-likeness (QED) is 0.590. The zero-order valence-electron chi connectivity index (χ0n) is 5.98. The lowest BCUT2D eigenvalue weighted by Crippen LogP contribution is -2.01. The molecule has 0 aliphatic heterocycles. The first-order valence-electron chi connectivity index (χ1n) is 3.04. The summed E-state index contributed by atoms with van der Waals surface area (Å²) in [6, 6.07) is 1.36. The number of aromatic carboxylic acids is 1. The van der Waals surface area contributed by atoms with Gasteiger partial charge in [-0.25, -0.2) is 9.78 Å². The highest BCUT2D eigenvalue weighted by atomic mass is 16.4. The van der Waals surface area contributed by atoms with Gasteiger partial charge in [0.1, 0.15) is 0 Å². The lowest BCUT2D eigenvalue weighted by Gasteiger charge is -1.98. The van der Waals surface area contributed by atoms with Gasteiger partial charge >= 0.3 is 5.97 Å². The number of carboxylic acid groups (broad SMARTS) is 1. The molecule has 1 heterocycles. The van der Waals surface area contributed by atoms with Gasteiger partial charge in [-0.2, -0.15) is 0 Å². The minimum Gasteiger partial charge on any atom is -0.504 e. The molecule has 2 N–H and O–H groups in total. The zero-order chi connectivity index (χ0) is 9.14. The standard InChI is InChI=1S/C8H5NO3/c1-2-5-3-4-9-6(7(5)10)8(11)12/h1,3-4,10H,(H,11,12). The molecule has 1 aromatic heterocycles. The highest BCUT2D eigenvalue weighted by molar-refractivity contribution is 5.89. The van der Waals surface area contributed by atoms with Gasteiger partial charge in [-0.15, -0.1) is 6.42 Å². The van der Waals surface area contributed by atoms with Crippen LogP contribution in [-0.2, 0) is 0 Å². The van der Waals surface area contributed by atoms with Crippen molar-refractivity contribution in [3.8, 4) is 18.1 Å². The molecule has 4 nitrogen and oxygen atoms in total. The largest absolute Gasteiger partial charge is 0.504 e. The van der Waals surface area contributed by atoms with Crippen molar-refractivity contribution in [1.29, 1.82) is 0 Å². The van der Waals surface area contributed by atoms with Crippen molar-refractivity contribution < 1.29 is 15.0 Å². The first kappa shape index (κ1) is 8.08. The summed E-state index contributed by atoms with van der Waals surface area (Å²) in [6.45, 7) is 0. The third-order valence-corrected chi connectivity index (χ3v) is 1.28. The number of hydrogen-bond acceptors (Lipinski definition) is 3. The van der Waals surface area contributed by atoms with Crippen molar-refractivity contribution in [2.24, 2.45) is 0 Å². The van der Waals surface area contributed by atoms with Crippen LogP contribution < -0.4 is 0 Å². The minimum atomic E-state index is -1.30. The SMILES string of the molecule is C#Cc1ccnc(C(=O)O)c1O. The smallest absolute Gasteiger partial charge is 0.358 e. The van der Waals surface area contributed by atoms with Crippen LogP contribution in [0.15, 0.2) is 12.3 Å². The highest BCUT2D eigenvalue weighted by Crippen LogP contribution is 2.18. The van der Waals surface area contributed by atoms with E-state index in [4.69, 9.17) is 11.5 Å². The highest BCUT2D eigenvalue weighted by Gasteiger charge is 2.12. The molecule has 60 valence electrons. The van der Waals surface area contributed by atoms with Crippen molar-refractivity contribution >= 4 is 5.97 Å². The van der Waals surface area contributed by atoms with Crippen LogP contribution >= 0.6 is 0 Å². The summed E-state index contributed by atoms with van der Waals surface area (Å²) in [5.74, 6) is 0.371. The van der Waals surface area contributed by atoms with Gasteiger partial charge in [0, 0.05) is 6.20 Å². The van der Waals surface area contributed by atoms with Gasteiger partial charge in [0.2, 0.25) is 0 Å². The summed E-state index contributed by atoms with van der Waals surface area (Å²) in [7, 11) is 0. The van der Waals surface area contributed by atoms with Crippen molar-refractivity contribution in [1.82, 2.24) is 4.98 Å². The Morgan fingerprint density at radius 2 is 2.33 bits per heavy atom. The monoisotopic (exact) mass is 163 g/mol. The Bertz CT molecular complexity index is 365. The van der Waals surface area contributed by atoms with Gasteiger partial charge in [-0.05, 0) is 6.07 Å². The fourth-order valence-electron chi connectivity index (χ4n) is 0.727. The van der Waals surface area contributed by atoms with Crippen LogP contribution in [0.3, 0.4) is 0 Å². The number of aromatic hydroxyl groups is 1. The predicted octanol–water partition coefficient (Wildman–Crippen LogP) is 0.467. The molecular weight excluding hydrogens is 158 g/mol. The van der Waals surface area contributed by atoms with E-state index in [0.717, 1.165) is 0 Å². The van der Waals surface area contributed by atoms with E-state index in [1.807, 2.05) is 0 Å². The topological polar surface area (TPSA) is 70.4 Å². The first-order valence-corrected chi connectivity index (χ1v) is 3.04. The molecule has 1 aromatic rings. The second kappa shape index (κ2) is 2.93. The van der Waals surface area contributed by atoms with E-state index < -0.39 is 17.4 Å². The van der Waals surface area contributed by atoms with Crippen molar-refractivity contribution in [3.05, 3.63) is 23.5 Å². The number of terminal acetylenes is 1. The molecule has 0 aliphatic carbocycles. The average molecular weight is 163 g/mol. The van der Waals surface area contributed by atoms with Crippen LogP contribution in [0, 0.1) is 12.3 Å². The maximum Gasteiger partial charge on any atom is 0.358 e. The fraction of sp³-hybridized carbons (Fsp3) is 0. The van der Waals surface area contributed by atoms with E-state index >= 15 is 0 Å². The van der Waals surface area contributed by atoms with Gasteiger partial charge < -0.3 is 10.2 Å². The van der Waals surface area contributed by atoms with Gasteiger partial charge in [0.15, 0.2) is 11.4 Å². The second-order valence-electron chi connectivity index (χ2n) is 2.01. The summed E-state index contributed by atoms with van der Waals surface area (Å²) < 4.78 is 0. The Balaban J connectivity index is 3.35. The molecule has 0 saturated carbocycles.